The van der Waals surface area contributed by atoms with Crippen LogP contribution in [0.15, 0.2) is 138 Å². The van der Waals surface area contributed by atoms with Crippen LogP contribution in [0.1, 0.15) is 43.0 Å². The molecule has 0 amide bonds. The molecule has 77 heavy (non-hydrogen) atoms. The largest absolute Gasteiger partial charge is 0.494 e. The standard InChI is InChI=1S/C50H39N9O16S2/c1-23-13-37(41(74-3)21-35(23)54-52-29-7-11-39(60)33(19-29)49(64)65)56-58-45-43(76(68,69)70)17-25-15-27(5-9-31(25)47(45)62)51-28-6-10-32-26(16-28)18-44(77(71,72)73)46(48(32)63)59-57-38-14-24(2)36(22-42(38)75-4)55-53-30-8-12-40(61)34(20-30)50(66)67/h5-22,51,54-57H,1-4H3,(H,64,65)(H,66,67)(H,68,69,70)(H,71,72,73)/b52-29-,53-30+,58-45+,59-46-. The van der Waals surface area contributed by atoms with Crippen LogP contribution in [0.4, 0.5) is 34.1 Å². The summed E-state index contributed by atoms with van der Waals surface area (Å²) < 4.78 is 82.5. The van der Waals surface area contributed by atoms with Crippen molar-refractivity contribution < 1.29 is 74.4 Å². The van der Waals surface area contributed by atoms with Gasteiger partial charge in [0.2, 0.25) is 11.6 Å². The Balaban J connectivity index is 1.01. The first kappa shape index (κ1) is 53.3. The lowest BCUT2D eigenvalue weighted by Crippen LogP contribution is -2.27. The first-order valence-corrected chi connectivity index (χ1v) is 24.9. The third-order valence-electron chi connectivity index (χ3n) is 11.6. The number of nitrogens with zero attached hydrogens (tertiary/aromatic N) is 4. The third kappa shape index (κ3) is 11.4. The van der Waals surface area contributed by atoms with Gasteiger partial charge >= 0.3 is 11.9 Å². The van der Waals surface area contributed by atoms with Gasteiger partial charge in [0.25, 0.3) is 20.2 Å². The maximum atomic E-state index is 13.9. The molecule has 0 heterocycles. The summed E-state index contributed by atoms with van der Waals surface area (Å²) in [5.41, 5.74) is 11.4. The Morgan fingerprint density at radius 3 is 1.23 bits per heavy atom. The molecule has 0 saturated carbocycles. The lowest BCUT2D eigenvalue weighted by atomic mass is 9.93. The zero-order valence-electron chi connectivity index (χ0n) is 40.2. The molecule has 0 aliphatic heterocycles. The number of anilines is 6. The summed E-state index contributed by atoms with van der Waals surface area (Å²) in [6, 6.07) is 14.4. The summed E-state index contributed by atoms with van der Waals surface area (Å²) in [7, 11) is -7.56. The number of nitrogens with one attached hydrogen (secondary N) is 5. The minimum Gasteiger partial charge on any atom is -0.494 e. The molecule has 0 spiro atoms. The number of aliphatic carboxylic acids is 2. The molecule has 0 atom stereocenters. The SMILES string of the molecule is COc1cc(N/N=C2/C=CC(=O)C(C(=O)O)=C2)c(C)cc1N/N=C1/C(=O)c2ccc(Nc3ccc4c(c3)C=C(S(=O)(=O)O)/C(=N/Nc3cc(C)c(N/N=C5\C=CC(=O)C(C(=O)O)=C5)cc3OC)C4=O)cc2C=C1S(=O)(=O)O. The molecule has 8 rings (SSSR count). The normalized spacial score (nSPS) is 17.3. The van der Waals surface area contributed by atoms with Crippen LogP contribution in [0.25, 0.3) is 12.2 Å². The fourth-order valence-corrected chi connectivity index (χ4v) is 9.04. The maximum absolute atomic E-state index is 13.9. The average molecular weight is 1090 g/mol. The number of methoxy groups -OCH3 is 2. The Labute approximate surface area is 435 Å². The van der Waals surface area contributed by atoms with Crippen LogP contribution in [0.5, 0.6) is 11.5 Å². The summed E-state index contributed by atoms with van der Waals surface area (Å²) >= 11 is 0. The van der Waals surface area contributed by atoms with Crippen LogP contribution < -0.4 is 36.5 Å². The number of fused-ring (bicyclic) bond motifs is 2. The molecule has 392 valence electrons. The molecule has 0 unspecified atom stereocenters. The number of carboxylic acids is 2. The molecule has 0 aromatic heterocycles. The van der Waals surface area contributed by atoms with E-state index in [1.807, 2.05) is 0 Å². The summed E-state index contributed by atoms with van der Waals surface area (Å²) in [6.45, 7) is 3.31. The number of aryl methyl sites for hydroxylation is 2. The Bertz CT molecular complexity index is 3670. The predicted octanol–water partition coefficient (Wildman–Crippen LogP) is 5.69. The van der Waals surface area contributed by atoms with Crippen LogP contribution in [0.2, 0.25) is 0 Å². The van der Waals surface area contributed by atoms with E-state index in [2.05, 4.69) is 47.4 Å². The molecule has 4 aromatic rings. The summed E-state index contributed by atoms with van der Waals surface area (Å²) in [5.74, 6) is -5.76. The lowest BCUT2D eigenvalue weighted by molar-refractivity contribution is -0.135. The lowest BCUT2D eigenvalue weighted by Gasteiger charge is -2.19. The molecule has 4 aliphatic rings. The first-order chi connectivity index (χ1) is 36.4. The van der Waals surface area contributed by atoms with Gasteiger partial charge in [-0.15, -0.1) is 0 Å². The van der Waals surface area contributed by atoms with E-state index in [9.17, 15) is 64.9 Å². The van der Waals surface area contributed by atoms with Gasteiger partial charge in [-0.1, -0.05) is 0 Å². The van der Waals surface area contributed by atoms with E-state index in [1.165, 1.54) is 87.0 Å². The van der Waals surface area contributed by atoms with Gasteiger partial charge in [-0.3, -0.25) is 50.0 Å². The average Bonchev–Trinajstić information content (AvgIpc) is 3.44. The molecular formula is C50H39N9O16S2. The highest BCUT2D eigenvalue weighted by Crippen LogP contribution is 2.36. The summed E-state index contributed by atoms with van der Waals surface area (Å²) in [6.07, 6.45) is 9.01. The van der Waals surface area contributed by atoms with Gasteiger partial charge in [-0.05, 0) is 133 Å². The number of hydrogen-bond donors (Lipinski definition) is 9. The molecule has 4 aromatic carbocycles. The predicted molar refractivity (Wildman–Crippen MR) is 283 cm³/mol. The van der Waals surface area contributed by atoms with Crippen molar-refractivity contribution in [3.63, 3.8) is 0 Å². The van der Waals surface area contributed by atoms with Crippen molar-refractivity contribution in [1.82, 2.24) is 0 Å². The van der Waals surface area contributed by atoms with E-state index >= 15 is 0 Å². The molecule has 27 heteroatoms. The summed E-state index contributed by atoms with van der Waals surface area (Å²) in [4.78, 5) is 72.6. The van der Waals surface area contributed by atoms with Crippen molar-refractivity contribution in [2.45, 2.75) is 13.8 Å². The Hall–Kier alpha value is -9.96. The number of Topliss-reactive ketones (excluding diaryl/α,β-unsaturated/α-hetero) is 2. The fraction of sp³-hybridized carbons (Fsp3) is 0.0800. The number of ketones is 4. The van der Waals surface area contributed by atoms with Crippen LogP contribution in [-0.2, 0) is 39.4 Å². The van der Waals surface area contributed by atoms with Gasteiger partial charge in [0, 0.05) is 34.6 Å². The zero-order valence-corrected chi connectivity index (χ0v) is 41.8. The van der Waals surface area contributed by atoms with Crippen molar-refractivity contribution in [3.05, 3.63) is 151 Å². The van der Waals surface area contributed by atoms with Gasteiger partial charge < -0.3 is 25.0 Å². The maximum Gasteiger partial charge on any atom is 0.339 e. The van der Waals surface area contributed by atoms with Gasteiger partial charge in [-0.2, -0.15) is 37.2 Å². The zero-order chi connectivity index (χ0) is 55.7. The molecule has 0 radical (unpaired) electrons. The van der Waals surface area contributed by atoms with E-state index in [0.29, 0.717) is 22.5 Å². The van der Waals surface area contributed by atoms with E-state index in [1.54, 1.807) is 13.8 Å². The molecule has 9 N–H and O–H groups in total. The highest BCUT2D eigenvalue weighted by Gasteiger charge is 2.35. The van der Waals surface area contributed by atoms with Crippen molar-refractivity contribution >= 4 is 124 Å². The van der Waals surface area contributed by atoms with Crippen LogP contribution in [-0.4, -0.2) is 108 Å². The minimum atomic E-state index is -5.10. The number of rotatable bonds is 16. The topological polar surface area (TPSA) is 380 Å². The Morgan fingerprint density at radius 2 is 0.883 bits per heavy atom. The molecule has 0 bridgehead atoms. The Kier molecular flexibility index (Phi) is 14.6. The number of carbonyl (C=O) groups is 6. The molecule has 4 aliphatic carbocycles. The second-order valence-electron chi connectivity index (χ2n) is 16.7. The van der Waals surface area contributed by atoms with Crippen LogP contribution in [0, 0.1) is 13.8 Å². The highest BCUT2D eigenvalue weighted by molar-refractivity contribution is 7.91. The molecule has 0 saturated heterocycles. The van der Waals surface area contributed by atoms with Gasteiger partial charge in [-0.25, -0.2) is 9.59 Å². The number of carboxylic acid groups (broad SMARTS) is 2. The molecule has 0 fully saturated rings. The number of allylic oxidation sites excluding steroid dienone is 8. The van der Waals surface area contributed by atoms with E-state index in [-0.39, 0.29) is 67.9 Å². The van der Waals surface area contributed by atoms with Gasteiger partial charge in [0.05, 0.1) is 48.4 Å². The van der Waals surface area contributed by atoms with Crippen LogP contribution in [0.3, 0.4) is 0 Å². The molecule has 25 nitrogen and oxygen atoms in total. The van der Waals surface area contributed by atoms with Crippen molar-refractivity contribution in [1.29, 1.82) is 0 Å². The quantitative estimate of drug-likeness (QED) is 0.0282. The van der Waals surface area contributed by atoms with E-state index in [0.717, 1.165) is 36.5 Å². The fourth-order valence-electron chi connectivity index (χ4n) is 7.72. The highest BCUT2D eigenvalue weighted by atomic mass is 32.2. The number of hydrogen-bond acceptors (Lipinski definition) is 21. The number of hydrazone groups is 4. The van der Waals surface area contributed by atoms with Gasteiger partial charge in [0.1, 0.15) is 32.5 Å². The third-order valence-corrected chi connectivity index (χ3v) is 13.3. The monoisotopic (exact) mass is 1090 g/mol. The van der Waals surface area contributed by atoms with E-state index < -0.39 is 87.7 Å². The smallest absolute Gasteiger partial charge is 0.339 e. The van der Waals surface area contributed by atoms with Crippen molar-refractivity contribution in [2.75, 3.05) is 41.2 Å². The molecular weight excluding hydrogens is 1050 g/mol. The number of carbonyl (C=O) groups excluding carboxylic acids is 4. The number of benzene rings is 4. The summed E-state index contributed by atoms with van der Waals surface area (Å²) in [5, 5.41) is 38.0. The van der Waals surface area contributed by atoms with Gasteiger partial charge in [0.15, 0.2) is 23.0 Å². The second-order valence-corrected chi connectivity index (χ2v) is 19.4. The van der Waals surface area contributed by atoms with Crippen LogP contribution >= 0.6 is 0 Å². The van der Waals surface area contributed by atoms with Crippen molar-refractivity contribution in [2.24, 2.45) is 20.4 Å². The number of ether oxygens (including phenoxy) is 2. The Morgan fingerprint density at radius 1 is 0.506 bits per heavy atom. The minimum absolute atomic E-state index is 0.0154. The van der Waals surface area contributed by atoms with Crippen molar-refractivity contribution in [3.8, 4) is 11.5 Å². The second kappa shape index (κ2) is 21.1. The van der Waals surface area contributed by atoms with E-state index in [4.69, 9.17) is 9.47 Å². The first-order valence-electron chi connectivity index (χ1n) is 22.0.